The number of aryl methyl sites for hydroxylation is 3. The highest BCUT2D eigenvalue weighted by Gasteiger charge is 2.22. The standard InChI is InChI=1S/C20H22N2O3S2/c1-10-11(2)26-19-17(10)20(22-13(4)21-19)27-12(3)18(23)14-7-8-15(24-5)16(9-14)25-6/h7-9,12H,1-6H3. The van der Waals surface area contributed by atoms with Crippen molar-refractivity contribution in [3.05, 3.63) is 40.0 Å². The zero-order chi connectivity index (χ0) is 19.7. The number of methoxy groups -OCH3 is 2. The summed E-state index contributed by atoms with van der Waals surface area (Å²) in [5.41, 5.74) is 1.77. The minimum atomic E-state index is -0.291. The van der Waals surface area contributed by atoms with Crippen molar-refractivity contribution in [2.24, 2.45) is 0 Å². The molecule has 0 radical (unpaired) electrons. The molecule has 27 heavy (non-hydrogen) atoms. The van der Waals surface area contributed by atoms with Gasteiger partial charge in [-0.15, -0.1) is 11.3 Å². The lowest BCUT2D eigenvalue weighted by molar-refractivity contribution is 0.0993. The van der Waals surface area contributed by atoms with E-state index in [-0.39, 0.29) is 11.0 Å². The average molecular weight is 403 g/mol. The van der Waals surface area contributed by atoms with E-state index in [1.807, 2.05) is 13.8 Å². The fourth-order valence-corrected chi connectivity index (χ4v) is 5.11. The number of carbonyl (C=O) groups excluding carboxylic acids is 1. The van der Waals surface area contributed by atoms with Crippen LogP contribution in [0.25, 0.3) is 10.2 Å². The molecule has 2 aromatic heterocycles. The summed E-state index contributed by atoms with van der Waals surface area (Å²) in [6, 6.07) is 5.24. The highest BCUT2D eigenvalue weighted by molar-refractivity contribution is 8.00. The maximum absolute atomic E-state index is 13.0. The number of ether oxygens (including phenoxy) is 2. The topological polar surface area (TPSA) is 61.3 Å². The second-order valence-electron chi connectivity index (χ2n) is 6.23. The van der Waals surface area contributed by atoms with Crippen molar-refractivity contribution in [3.63, 3.8) is 0 Å². The molecular formula is C20H22N2O3S2. The molecule has 0 fully saturated rings. The van der Waals surface area contributed by atoms with Crippen molar-refractivity contribution in [2.45, 2.75) is 38.0 Å². The molecule has 1 atom stereocenters. The van der Waals surface area contributed by atoms with Crippen molar-refractivity contribution >= 4 is 39.1 Å². The fraction of sp³-hybridized carbons (Fsp3) is 0.350. The summed E-state index contributed by atoms with van der Waals surface area (Å²) < 4.78 is 10.6. The Bertz CT molecular complexity index is 1010. The van der Waals surface area contributed by atoms with Gasteiger partial charge < -0.3 is 9.47 Å². The lowest BCUT2D eigenvalue weighted by atomic mass is 10.1. The van der Waals surface area contributed by atoms with Crippen LogP contribution >= 0.6 is 23.1 Å². The second kappa shape index (κ2) is 7.86. The number of benzene rings is 1. The van der Waals surface area contributed by atoms with Crippen molar-refractivity contribution in [1.29, 1.82) is 0 Å². The van der Waals surface area contributed by atoms with Crippen LogP contribution in [-0.2, 0) is 0 Å². The summed E-state index contributed by atoms with van der Waals surface area (Å²) in [5.74, 6) is 1.89. The summed E-state index contributed by atoms with van der Waals surface area (Å²) in [6.45, 7) is 7.96. The molecule has 142 valence electrons. The largest absolute Gasteiger partial charge is 0.493 e. The van der Waals surface area contributed by atoms with Crippen LogP contribution in [0.5, 0.6) is 11.5 Å². The average Bonchev–Trinajstić information content (AvgIpc) is 2.94. The smallest absolute Gasteiger partial charge is 0.176 e. The molecule has 0 spiro atoms. The first-order valence-electron chi connectivity index (χ1n) is 8.53. The fourth-order valence-electron chi connectivity index (χ4n) is 2.84. The number of aromatic nitrogens is 2. The summed E-state index contributed by atoms with van der Waals surface area (Å²) in [5, 5.41) is 1.63. The number of thioether (sulfide) groups is 1. The Morgan fingerprint density at radius 3 is 2.48 bits per heavy atom. The van der Waals surface area contributed by atoms with Crippen molar-refractivity contribution in [3.8, 4) is 11.5 Å². The minimum absolute atomic E-state index is 0.0231. The summed E-state index contributed by atoms with van der Waals surface area (Å²) in [6.07, 6.45) is 0. The quantitative estimate of drug-likeness (QED) is 0.329. The van der Waals surface area contributed by atoms with Gasteiger partial charge in [-0.2, -0.15) is 0 Å². The molecular weight excluding hydrogens is 380 g/mol. The number of rotatable bonds is 6. The first kappa shape index (κ1) is 19.6. The van der Waals surface area contributed by atoms with E-state index in [2.05, 4.69) is 23.8 Å². The van der Waals surface area contributed by atoms with E-state index in [9.17, 15) is 4.79 Å². The van der Waals surface area contributed by atoms with Gasteiger partial charge in [0.25, 0.3) is 0 Å². The molecule has 3 aromatic rings. The lowest BCUT2D eigenvalue weighted by Gasteiger charge is -2.13. The van der Waals surface area contributed by atoms with Crippen LogP contribution < -0.4 is 9.47 Å². The number of hydrogen-bond donors (Lipinski definition) is 0. The van der Waals surface area contributed by atoms with Gasteiger partial charge in [0, 0.05) is 15.8 Å². The van der Waals surface area contributed by atoms with E-state index < -0.39 is 0 Å². The third-order valence-corrected chi connectivity index (χ3v) is 6.62. The van der Waals surface area contributed by atoms with Gasteiger partial charge in [0.2, 0.25) is 0 Å². The lowest BCUT2D eigenvalue weighted by Crippen LogP contribution is -2.14. The van der Waals surface area contributed by atoms with Crippen LogP contribution in [0.2, 0.25) is 0 Å². The Morgan fingerprint density at radius 1 is 1.11 bits per heavy atom. The maximum Gasteiger partial charge on any atom is 0.176 e. The van der Waals surface area contributed by atoms with E-state index in [1.165, 1.54) is 22.2 Å². The Morgan fingerprint density at radius 2 is 1.81 bits per heavy atom. The van der Waals surface area contributed by atoms with Crippen molar-refractivity contribution in [1.82, 2.24) is 9.97 Å². The van der Waals surface area contributed by atoms with Crippen LogP contribution in [0.3, 0.4) is 0 Å². The number of nitrogens with zero attached hydrogens (tertiary/aromatic N) is 2. The zero-order valence-corrected chi connectivity index (χ0v) is 17.9. The highest BCUT2D eigenvalue weighted by atomic mass is 32.2. The first-order chi connectivity index (χ1) is 12.8. The van der Waals surface area contributed by atoms with E-state index in [1.54, 1.807) is 43.8 Å². The predicted molar refractivity (Wildman–Crippen MR) is 111 cm³/mol. The number of fused-ring (bicyclic) bond motifs is 1. The molecule has 0 N–H and O–H groups in total. The summed E-state index contributed by atoms with van der Waals surface area (Å²) >= 11 is 3.14. The number of Topliss-reactive ketones (excluding diaryl/α,β-unsaturated/α-hetero) is 1. The van der Waals surface area contributed by atoms with Crippen LogP contribution in [0.15, 0.2) is 23.2 Å². The number of carbonyl (C=O) groups is 1. The monoisotopic (exact) mass is 402 g/mol. The van der Waals surface area contributed by atoms with E-state index in [0.717, 1.165) is 21.1 Å². The molecule has 5 nitrogen and oxygen atoms in total. The third-order valence-electron chi connectivity index (χ3n) is 4.43. The van der Waals surface area contributed by atoms with E-state index in [0.29, 0.717) is 17.1 Å². The molecule has 0 aliphatic heterocycles. The third kappa shape index (κ3) is 3.80. The normalized spacial score (nSPS) is 12.2. The molecule has 2 heterocycles. The van der Waals surface area contributed by atoms with Gasteiger partial charge in [-0.1, -0.05) is 11.8 Å². The van der Waals surface area contributed by atoms with Gasteiger partial charge in [-0.25, -0.2) is 9.97 Å². The van der Waals surface area contributed by atoms with Gasteiger partial charge in [0.1, 0.15) is 15.7 Å². The zero-order valence-electron chi connectivity index (χ0n) is 16.2. The van der Waals surface area contributed by atoms with E-state index in [4.69, 9.17) is 9.47 Å². The second-order valence-corrected chi connectivity index (χ2v) is 8.77. The van der Waals surface area contributed by atoms with Gasteiger partial charge in [-0.3, -0.25) is 4.79 Å². The molecule has 0 bridgehead atoms. The van der Waals surface area contributed by atoms with Crippen molar-refractivity contribution < 1.29 is 14.3 Å². The van der Waals surface area contributed by atoms with Gasteiger partial charge in [0.05, 0.1) is 19.5 Å². The van der Waals surface area contributed by atoms with Crippen LogP contribution in [0, 0.1) is 20.8 Å². The number of hydrogen-bond acceptors (Lipinski definition) is 7. The van der Waals surface area contributed by atoms with Crippen molar-refractivity contribution in [2.75, 3.05) is 14.2 Å². The Kier molecular flexibility index (Phi) is 5.72. The Hall–Kier alpha value is -2.12. The summed E-state index contributed by atoms with van der Waals surface area (Å²) in [7, 11) is 3.14. The SMILES string of the molecule is COc1ccc(C(=O)C(C)Sc2nc(C)nc3sc(C)c(C)c23)cc1OC. The molecule has 0 aliphatic carbocycles. The molecule has 7 heteroatoms. The number of thiophene rings is 1. The Balaban J connectivity index is 1.92. The van der Waals surface area contributed by atoms with Crippen LogP contribution in [0.4, 0.5) is 0 Å². The van der Waals surface area contributed by atoms with Gasteiger partial charge >= 0.3 is 0 Å². The molecule has 0 amide bonds. The van der Waals surface area contributed by atoms with Gasteiger partial charge in [-0.05, 0) is 51.5 Å². The highest BCUT2D eigenvalue weighted by Crippen LogP contribution is 2.37. The molecule has 1 aromatic carbocycles. The number of ketones is 1. The van der Waals surface area contributed by atoms with Crippen LogP contribution in [-0.4, -0.2) is 35.2 Å². The molecule has 1 unspecified atom stereocenters. The maximum atomic E-state index is 13.0. The van der Waals surface area contributed by atoms with Gasteiger partial charge in [0.15, 0.2) is 17.3 Å². The Labute approximate surface area is 167 Å². The first-order valence-corrected chi connectivity index (χ1v) is 10.2. The predicted octanol–water partition coefficient (Wildman–Crippen LogP) is 5.00. The molecule has 0 saturated carbocycles. The molecule has 0 aliphatic rings. The van der Waals surface area contributed by atoms with E-state index >= 15 is 0 Å². The van der Waals surface area contributed by atoms with Crippen LogP contribution in [0.1, 0.15) is 33.5 Å². The minimum Gasteiger partial charge on any atom is -0.493 e. The molecule has 3 rings (SSSR count). The molecule has 0 saturated heterocycles. The summed E-state index contributed by atoms with van der Waals surface area (Å²) in [4.78, 5) is 24.3.